The van der Waals surface area contributed by atoms with Gasteiger partial charge in [-0.2, -0.15) is 0 Å². The first-order valence-corrected chi connectivity index (χ1v) is 11.0. The Labute approximate surface area is 202 Å². The number of nitrogens with zero attached hydrogens (tertiary/aromatic N) is 2. The van der Waals surface area contributed by atoms with Gasteiger partial charge in [0, 0.05) is 6.08 Å². The molecule has 1 aliphatic heterocycles. The monoisotopic (exact) mass is 469 g/mol. The number of hydrogen-bond acceptors (Lipinski definition) is 5. The molecule has 35 heavy (non-hydrogen) atoms. The van der Waals surface area contributed by atoms with Crippen LogP contribution in [0.3, 0.4) is 0 Å². The molecule has 1 N–H and O–H groups in total. The van der Waals surface area contributed by atoms with Crippen molar-refractivity contribution >= 4 is 35.4 Å². The minimum absolute atomic E-state index is 0.265. The van der Waals surface area contributed by atoms with Crippen LogP contribution in [0.5, 0.6) is 5.75 Å². The minimum Gasteiger partial charge on any atom is -0.484 e. The second-order valence-corrected chi connectivity index (χ2v) is 7.71. The highest BCUT2D eigenvalue weighted by Gasteiger charge is 2.44. The Bertz CT molecular complexity index is 1230. The lowest BCUT2D eigenvalue weighted by Gasteiger charge is -2.26. The van der Waals surface area contributed by atoms with E-state index >= 15 is 0 Å². The Balaban J connectivity index is 1.54. The topological polar surface area (TPSA) is 96.0 Å². The molecule has 8 heteroatoms. The van der Waals surface area contributed by atoms with Crippen LogP contribution in [0.2, 0.25) is 0 Å². The summed E-state index contributed by atoms with van der Waals surface area (Å²) < 4.78 is 5.45. The predicted molar refractivity (Wildman–Crippen MR) is 130 cm³/mol. The lowest BCUT2D eigenvalue weighted by molar-refractivity contribution is -0.144. The quantitative estimate of drug-likeness (QED) is 0.326. The molecule has 1 atom stereocenters. The lowest BCUT2D eigenvalue weighted by Crippen LogP contribution is -2.55. The number of carbonyl (C=O) groups is 4. The molecular weight excluding hydrogens is 446 g/mol. The van der Waals surface area contributed by atoms with Crippen LogP contribution in [0.1, 0.15) is 12.0 Å². The van der Waals surface area contributed by atoms with Crippen molar-refractivity contribution in [2.75, 3.05) is 11.5 Å². The third-order valence-electron chi connectivity index (χ3n) is 5.26. The summed E-state index contributed by atoms with van der Waals surface area (Å²) in [5.74, 6) is -1.89. The van der Waals surface area contributed by atoms with Crippen LogP contribution < -0.4 is 15.1 Å². The van der Waals surface area contributed by atoms with E-state index in [2.05, 4.69) is 5.43 Å². The molecule has 0 aromatic heterocycles. The van der Waals surface area contributed by atoms with Gasteiger partial charge in [0.1, 0.15) is 11.8 Å². The van der Waals surface area contributed by atoms with Crippen molar-refractivity contribution in [1.29, 1.82) is 0 Å². The second kappa shape index (κ2) is 10.9. The number of ether oxygens (including phenoxy) is 1. The molecule has 1 heterocycles. The molecule has 0 aliphatic carbocycles. The molecule has 1 unspecified atom stereocenters. The van der Waals surface area contributed by atoms with Crippen LogP contribution >= 0.6 is 0 Å². The molecule has 0 radical (unpaired) electrons. The maximum Gasteiger partial charge on any atom is 0.276 e. The molecule has 4 amide bonds. The molecule has 3 aromatic rings. The zero-order valence-corrected chi connectivity index (χ0v) is 18.7. The summed E-state index contributed by atoms with van der Waals surface area (Å²) in [5.41, 5.74) is 3.62. The van der Waals surface area contributed by atoms with Crippen molar-refractivity contribution in [3.05, 3.63) is 103 Å². The molecule has 0 bridgehead atoms. The van der Waals surface area contributed by atoms with Crippen molar-refractivity contribution in [3.63, 3.8) is 0 Å². The number of hydrazine groups is 1. The number of carbonyl (C=O) groups excluding carboxylic acids is 4. The number of amides is 4. The third-order valence-corrected chi connectivity index (χ3v) is 5.26. The first-order valence-electron chi connectivity index (χ1n) is 11.0. The summed E-state index contributed by atoms with van der Waals surface area (Å²) in [6, 6.07) is 25.1. The molecule has 3 aromatic carbocycles. The average Bonchev–Trinajstić information content (AvgIpc) is 3.19. The number of benzene rings is 3. The van der Waals surface area contributed by atoms with Gasteiger partial charge in [-0.05, 0) is 35.9 Å². The molecule has 1 aliphatic rings. The van der Waals surface area contributed by atoms with Crippen LogP contribution in [0.15, 0.2) is 97.1 Å². The number of hydrogen-bond donors (Lipinski definition) is 1. The molecule has 1 fully saturated rings. The number of para-hydroxylation sites is 2. The second-order valence-electron chi connectivity index (χ2n) is 7.71. The van der Waals surface area contributed by atoms with E-state index in [1.807, 2.05) is 36.4 Å². The van der Waals surface area contributed by atoms with E-state index in [1.54, 1.807) is 60.7 Å². The normalized spacial score (nSPS) is 15.3. The average molecular weight is 469 g/mol. The summed E-state index contributed by atoms with van der Waals surface area (Å²) in [4.78, 5) is 52.7. The number of anilines is 1. The van der Waals surface area contributed by atoms with Crippen LogP contribution in [0.25, 0.3) is 6.08 Å². The Hall–Kier alpha value is -4.72. The van der Waals surface area contributed by atoms with E-state index < -0.39 is 29.7 Å². The Morgan fingerprint density at radius 2 is 1.51 bits per heavy atom. The maximum absolute atomic E-state index is 13.2. The fourth-order valence-corrected chi connectivity index (χ4v) is 3.60. The van der Waals surface area contributed by atoms with Gasteiger partial charge in [-0.25, -0.2) is 9.91 Å². The van der Waals surface area contributed by atoms with Crippen LogP contribution in [0, 0.1) is 0 Å². The van der Waals surface area contributed by atoms with E-state index in [-0.39, 0.29) is 13.0 Å². The Kier molecular flexibility index (Phi) is 7.32. The van der Waals surface area contributed by atoms with Gasteiger partial charge >= 0.3 is 0 Å². The minimum atomic E-state index is -1.20. The summed E-state index contributed by atoms with van der Waals surface area (Å²) in [7, 11) is 0. The van der Waals surface area contributed by atoms with E-state index in [4.69, 9.17) is 4.74 Å². The first kappa shape index (κ1) is 23.4. The predicted octanol–water partition coefficient (Wildman–Crippen LogP) is 2.97. The maximum atomic E-state index is 13.2. The Morgan fingerprint density at radius 1 is 0.914 bits per heavy atom. The van der Waals surface area contributed by atoms with E-state index in [0.717, 1.165) is 15.5 Å². The van der Waals surface area contributed by atoms with Gasteiger partial charge in [0.2, 0.25) is 5.91 Å². The summed E-state index contributed by atoms with van der Waals surface area (Å²) >= 11 is 0. The van der Waals surface area contributed by atoms with Crippen molar-refractivity contribution in [2.45, 2.75) is 12.5 Å². The molecule has 0 saturated carbocycles. The van der Waals surface area contributed by atoms with Crippen molar-refractivity contribution < 1.29 is 23.9 Å². The number of rotatable bonds is 7. The zero-order valence-electron chi connectivity index (χ0n) is 18.7. The largest absolute Gasteiger partial charge is 0.484 e. The molecule has 176 valence electrons. The van der Waals surface area contributed by atoms with Gasteiger partial charge in [0.15, 0.2) is 6.61 Å². The van der Waals surface area contributed by atoms with Gasteiger partial charge in [0.05, 0.1) is 12.1 Å². The Morgan fingerprint density at radius 3 is 2.17 bits per heavy atom. The molecule has 8 nitrogen and oxygen atoms in total. The SMILES string of the molecule is O=C(COc1ccccc1)NN(C(=O)C=Cc1ccccc1)C1CC(=O)N(c2ccccc2)C1=O. The number of imide groups is 1. The van der Waals surface area contributed by atoms with Crippen LogP contribution in [0.4, 0.5) is 5.69 Å². The standard InChI is InChI=1S/C27H23N3O5/c31-24(19-35-22-14-8-3-9-15-22)28-30(25(32)17-16-20-10-4-1-5-11-20)23-18-26(33)29(27(23)34)21-12-6-2-7-13-21/h1-17,23H,18-19H2,(H,28,31). The highest BCUT2D eigenvalue weighted by atomic mass is 16.5. The van der Waals surface area contributed by atoms with Crippen molar-refractivity contribution in [1.82, 2.24) is 10.4 Å². The van der Waals surface area contributed by atoms with Gasteiger partial charge in [-0.1, -0.05) is 66.7 Å². The first-order chi connectivity index (χ1) is 17.0. The van der Waals surface area contributed by atoms with Crippen LogP contribution in [-0.4, -0.2) is 41.3 Å². The summed E-state index contributed by atoms with van der Waals surface area (Å²) in [5, 5.41) is 0.902. The lowest BCUT2D eigenvalue weighted by atomic mass is 10.2. The zero-order chi connectivity index (χ0) is 24.6. The third kappa shape index (κ3) is 5.80. The summed E-state index contributed by atoms with van der Waals surface area (Å²) in [6.45, 7) is -0.381. The smallest absolute Gasteiger partial charge is 0.276 e. The van der Waals surface area contributed by atoms with E-state index in [9.17, 15) is 19.2 Å². The van der Waals surface area contributed by atoms with Gasteiger partial charge in [-0.15, -0.1) is 0 Å². The summed E-state index contributed by atoms with van der Waals surface area (Å²) in [6.07, 6.45) is 2.55. The van der Waals surface area contributed by atoms with E-state index in [1.165, 1.54) is 6.08 Å². The van der Waals surface area contributed by atoms with Gasteiger partial charge in [0.25, 0.3) is 17.7 Å². The fourth-order valence-electron chi connectivity index (χ4n) is 3.60. The molecular formula is C27H23N3O5. The molecule has 0 spiro atoms. The molecule has 4 rings (SSSR count). The fraction of sp³-hybridized carbons (Fsp3) is 0.111. The van der Waals surface area contributed by atoms with Gasteiger partial charge in [-0.3, -0.25) is 24.6 Å². The van der Waals surface area contributed by atoms with Crippen LogP contribution in [-0.2, 0) is 19.2 Å². The highest BCUT2D eigenvalue weighted by Crippen LogP contribution is 2.25. The van der Waals surface area contributed by atoms with Crippen molar-refractivity contribution in [3.8, 4) is 5.75 Å². The molecule has 1 saturated heterocycles. The number of nitrogens with one attached hydrogen (secondary N) is 1. The van der Waals surface area contributed by atoms with Gasteiger partial charge < -0.3 is 4.74 Å². The van der Waals surface area contributed by atoms with Crippen molar-refractivity contribution in [2.24, 2.45) is 0 Å². The van der Waals surface area contributed by atoms with E-state index in [0.29, 0.717) is 11.4 Å². The highest BCUT2D eigenvalue weighted by molar-refractivity contribution is 6.23.